The van der Waals surface area contributed by atoms with Crippen LogP contribution in [0.3, 0.4) is 0 Å². The van der Waals surface area contributed by atoms with Crippen LogP contribution >= 0.6 is 0 Å². The summed E-state index contributed by atoms with van der Waals surface area (Å²) in [5.74, 6) is -0.434. The topological polar surface area (TPSA) is 98.3 Å². The van der Waals surface area contributed by atoms with Crippen LogP contribution in [0.1, 0.15) is 21.5 Å². The van der Waals surface area contributed by atoms with Gasteiger partial charge in [-0.15, -0.1) is 0 Å². The van der Waals surface area contributed by atoms with Crippen molar-refractivity contribution in [1.29, 1.82) is 0 Å². The third-order valence-electron chi connectivity index (χ3n) is 3.10. The SMILES string of the molecule is Cc1ccc(CNC(=O)c2cccc([N+](=O)[O-])c2N)cc1. The number of nitro benzene ring substituents is 1. The molecule has 2 aromatic carbocycles. The van der Waals surface area contributed by atoms with Crippen molar-refractivity contribution >= 4 is 17.3 Å². The molecule has 0 bridgehead atoms. The van der Waals surface area contributed by atoms with E-state index in [2.05, 4.69) is 5.32 Å². The number of hydrogen-bond donors (Lipinski definition) is 2. The highest BCUT2D eigenvalue weighted by molar-refractivity contribution is 6.00. The highest BCUT2D eigenvalue weighted by atomic mass is 16.6. The lowest BCUT2D eigenvalue weighted by Crippen LogP contribution is -2.24. The third-order valence-corrected chi connectivity index (χ3v) is 3.10. The van der Waals surface area contributed by atoms with E-state index in [1.54, 1.807) is 0 Å². The van der Waals surface area contributed by atoms with Crippen LogP contribution in [0.15, 0.2) is 42.5 Å². The minimum absolute atomic E-state index is 0.108. The average Bonchev–Trinajstić information content (AvgIpc) is 2.46. The quantitative estimate of drug-likeness (QED) is 0.512. The summed E-state index contributed by atoms with van der Waals surface area (Å²) in [6, 6.07) is 11.9. The maximum absolute atomic E-state index is 12.1. The number of nitrogens with two attached hydrogens (primary N) is 1. The lowest BCUT2D eigenvalue weighted by Gasteiger charge is -2.08. The third kappa shape index (κ3) is 3.36. The van der Waals surface area contributed by atoms with Gasteiger partial charge in [-0.05, 0) is 18.6 Å². The van der Waals surface area contributed by atoms with E-state index in [0.29, 0.717) is 6.54 Å². The molecule has 0 aliphatic carbocycles. The van der Waals surface area contributed by atoms with Crippen molar-refractivity contribution in [2.75, 3.05) is 5.73 Å². The second kappa shape index (κ2) is 6.04. The molecule has 0 aliphatic heterocycles. The van der Waals surface area contributed by atoms with Gasteiger partial charge in [0, 0.05) is 12.6 Å². The number of aryl methyl sites for hydroxylation is 1. The molecular weight excluding hydrogens is 270 g/mol. The van der Waals surface area contributed by atoms with Gasteiger partial charge in [-0.25, -0.2) is 0 Å². The number of carbonyl (C=O) groups is 1. The molecule has 3 N–H and O–H groups in total. The number of para-hydroxylation sites is 1. The lowest BCUT2D eigenvalue weighted by atomic mass is 10.1. The zero-order chi connectivity index (χ0) is 15.4. The molecule has 6 heteroatoms. The molecule has 0 aromatic heterocycles. The molecule has 0 unspecified atom stereocenters. The van der Waals surface area contributed by atoms with Crippen LogP contribution in [0.5, 0.6) is 0 Å². The van der Waals surface area contributed by atoms with Crippen molar-refractivity contribution in [1.82, 2.24) is 5.32 Å². The van der Waals surface area contributed by atoms with Gasteiger partial charge >= 0.3 is 0 Å². The monoisotopic (exact) mass is 285 g/mol. The number of benzene rings is 2. The number of nitro groups is 1. The number of amides is 1. The fourth-order valence-corrected chi connectivity index (χ4v) is 1.89. The standard InChI is InChI=1S/C15H15N3O3/c1-10-5-7-11(8-6-10)9-17-15(19)12-3-2-4-13(14(12)16)18(20)21/h2-8H,9,16H2,1H3,(H,17,19). The van der Waals surface area contributed by atoms with Crippen LogP contribution in [0.2, 0.25) is 0 Å². The predicted molar refractivity (Wildman–Crippen MR) is 79.9 cm³/mol. The molecular formula is C15H15N3O3. The summed E-state index contributed by atoms with van der Waals surface area (Å²) in [5.41, 5.74) is 7.47. The molecule has 0 radical (unpaired) electrons. The van der Waals surface area contributed by atoms with E-state index in [1.165, 1.54) is 18.2 Å². The van der Waals surface area contributed by atoms with Gasteiger partial charge in [0.1, 0.15) is 5.69 Å². The molecule has 2 rings (SSSR count). The smallest absolute Gasteiger partial charge is 0.292 e. The van der Waals surface area contributed by atoms with Gasteiger partial charge in [-0.1, -0.05) is 35.9 Å². The summed E-state index contributed by atoms with van der Waals surface area (Å²) in [4.78, 5) is 22.3. The van der Waals surface area contributed by atoms with Gasteiger partial charge in [0.05, 0.1) is 10.5 Å². The first kappa shape index (κ1) is 14.5. The number of nitrogen functional groups attached to an aromatic ring is 1. The second-order valence-electron chi connectivity index (χ2n) is 4.66. The molecule has 1 amide bonds. The number of anilines is 1. The van der Waals surface area contributed by atoms with E-state index >= 15 is 0 Å². The molecule has 6 nitrogen and oxygen atoms in total. The second-order valence-corrected chi connectivity index (χ2v) is 4.66. The Morgan fingerprint density at radius 2 is 1.90 bits per heavy atom. The maximum Gasteiger partial charge on any atom is 0.292 e. The van der Waals surface area contributed by atoms with E-state index < -0.39 is 10.8 Å². The van der Waals surface area contributed by atoms with E-state index in [9.17, 15) is 14.9 Å². The van der Waals surface area contributed by atoms with E-state index in [1.807, 2.05) is 31.2 Å². The van der Waals surface area contributed by atoms with Crippen molar-refractivity contribution in [2.45, 2.75) is 13.5 Å². The van der Waals surface area contributed by atoms with Crippen LogP contribution in [-0.2, 0) is 6.54 Å². The van der Waals surface area contributed by atoms with Crippen LogP contribution < -0.4 is 11.1 Å². The number of nitrogens with one attached hydrogen (secondary N) is 1. The molecule has 0 atom stereocenters. The normalized spacial score (nSPS) is 10.1. The maximum atomic E-state index is 12.1. The van der Waals surface area contributed by atoms with Crippen LogP contribution in [0, 0.1) is 17.0 Å². The van der Waals surface area contributed by atoms with Gasteiger partial charge in [-0.2, -0.15) is 0 Å². The molecule has 0 heterocycles. The minimum atomic E-state index is -0.605. The van der Waals surface area contributed by atoms with Crippen LogP contribution in [-0.4, -0.2) is 10.8 Å². The van der Waals surface area contributed by atoms with Crippen molar-refractivity contribution in [3.63, 3.8) is 0 Å². The first-order valence-electron chi connectivity index (χ1n) is 6.35. The Balaban J connectivity index is 2.12. The predicted octanol–water partition coefficient (Wildman–Crippen LogP) is 2.42. The van der Waals surface area contributed by atoms with Crippen LogP contribution in [0.25, 0.3) is 0 Å². The van der Waals surface area contributed by atoms with Gasteiger partial charge in [-0.3, -0.25) is 14.9 Å². The molecule has 108 valence electrons. The largest absolute Gasteiger partial charge is 0.393 e. The number of rotatable bonds is 4. The fourth-order valence-electron chi connectivity index (χ4n) is 1.89. The van der Waals surface area contributed by atoms with Crippen molar-refractivity contribution < 1.29 is 9.72 Å². The summed E-state index contributed by atoms with van der Waals surface area (Å²) in [7, 11) is 0. The van der Waals surface area contributed by atoms with E-state index in [-0.39, 0.29) is 16.9 Å². The Hall–Kier alpha value is -2.89. The van der Waals surface area contributed by atoms with E-state index in [4.69, 9.17) is 5.73 Å². The highest BCUT2D eigenvalue weighted by Crippen LogP contribution is 2.24. The van der Waals surface area contributed by atoms with Crippen molar-refractivity contribution in [3.8, 4) is 0 Å². The molecule has 0 spiro atoms. The van der Waals surface area contributed by atoms with Gasteiger partial charge in [0.15, 0.2) is 0 Å². The Kier molecular flexibility index (Phi) is 4.18. The average molecular weight is 285 g/mol. The van der Waals surface area contributed by atoms with Crippen molar-refractivity contribution in [2.24, 2.45) is 0 Å². The molecule has 2 aromatic rings. The summed E-state index contributed by atoms with van der Waals surface area (Å²) < 4.78 is 0. The Morgan fingerprint density at radius 3 is 2.52 bits per heavy atom. The van der Waals surface area contributed by atoms with Gasteiger partial charge in [0.2, 0.25) is 0 Å². The highest BCUT2D eigenvalue weighted by Gasteiger charge is 2.18. The summed E-state index contributed by atoms with van der Waals surface area (Å²) >= 11 is 0. The number of hydrogen-bond acceptors (Lipinski definition) is 4. The van der Waals surface area contributed by atoms with E-state index in [0.717, 1.165) is 11.1 Å². The lowest BCUT2D eigenvalue weighted by molar-refractivity contribution is -0.383. The van der Waals surface area contributed by atoms with Crippen LogP contribution in [0.4, 0.5) is 11.4 Å². The first-order valence-corrected chi connectivity index (χ1v) is 6.35. The van der Waals surface area contributed by atoms with Gasteiger partial charge < -0.3 is 11.1 Å². The molecule has 21 heavy (non-hydrogen) atoms. The Bertz CT molecular complexity index is 681. The summed E-state index contributed by atoms with van der Waals surface area (Å²) in [5, 5.41) is 13.5. The first-order chi connectivity index (χ1) is 9.99. The number of nitrogens with zero attached hydrogens (tertiary/aromatic N) is 1. The molecule has 0 aliphatic rings. The molecule has 0 saturated heterocycles. The zero-order valence-electron chi connectivity index (χ0n) is 11.5. The summed E-state index contributed by atoms with van der Waals surface area (Å²) in [6.07, 6.45) is 0. The molecule has 0 fully saturated rings. The van der Waals surface area contributed by atoms with Crippen molar-refractivity contribution in [3.05, 3.63) is 69.3 Å². The summed E-state index contributed by atoms with van der Waals surface area (Å²) in [6.45, 7) is 2.31. The zero-order valence-corrected chi connectivity index (χ0v) is 11.5. The minimum Gasteiger partial charge on any atom is -0.393 e. The molecule has 0 saturated carbocycles. The Morgan fingerprint density at radius 1 is 1.24 bits per heavy atom. The fraction of sp³-hybridized carbons (Fsp3) is 0.133. The Labute approximate surface area is 121 Å². The van der Waals surface area contributed by atoms with Gasteiger partial charge in [0.25, 0.3) is 11.6 Å². The number of carbonyl (C=O) groups excluding carboxylic acids is 1.